The molecule has 0 aromatic rings. The lowest BCUT2D eigenvalue weighted by Crippen LogP contribution is -1.93. The van der Waals surface area contributed by atoms with Crippen molar-refractivity contribution in [2.24, 2.45) is 0 Å². The van der Waals surface area contributed by atoms with Gasteiger partial charge in [-0.15, -0.1) is 24.8 Å². The third-order valence-electron chi connectivity index (χ3n) is 2.02. The van der Waals surface area contributed by atoms with E-state index >= 15 is 0 Å². The summed E-state index contributed by atoms with van der Waals surface area (Å²) in [6, 6.07) is 0. The molecule has 1 saturated carbocycles. The molecule has 0 N–H and O–H groups in total. The molecule has 0 aromatic heterocycles. The fraction of sp³-hybridized carbons (Fsp3) is 1.00. The van der Waals surface area contributed by atoms with Gasteiger partial charge in [-0.05, 0) is 25.7 Å². The van der Waals surface area contributed by atoms with Crippen LogP contribution >= 0.6 is 32.2 Å². The minimum Gasteiger partial charge on any atom is -0.147 e. The Balaban J connectivity index is 0. The van der Waals surface area contributed by atoms with Crippen LogP contribution in [0.3, 0.4) is 0 Å². The van der Waals surface area contributed by atoms with Crippen LogP contribution in [0.15, 0.2) is 0 Å². The van der Waals surface area contributed by atoms with E-state index in [0.717, 1.165) is 13.0 Å². The van der Waals surface area contributed by atoms with Gasteiger partial charge in [-0.2, -0.15) is 0 Å². The van der Waals surface area contributed by atoms with Gasteiger partial charge in [-0.1, -0.05) is 12.8 Å². The van der Waals surface area contributed by atoms with E-state index in [4.69, 9.17) is 11.8 Å². The topological polar surface area (TPSA) is 0 Å². The van der Waals surface area contributed by atoms with Crippen LogP contribution in [0.1, 0.15) is 38.5 Å². The summed E-state index contributed by atoms with van der Waals surface area (Å²) in [6.07, 6.45) is 8.62. The quantitative estimate of drug-likeness (QED) is 0.492. The number of hydrogen-bond acceptors (Lipinski definition) is 1. The molecular formula is C7H16Cl2PS+. The second-order valence-corrected chi connectivity index (χ2v) is 4.57. The second kappa shape index (κ2) is 9.19. The van der Waals surface area contributed by atoms with Gasteiger partial charge >= 0.3 is 0 Å². The molecule has 1 atom stereocenters. The van der Waals surface area contributed by atoms with Crippen molar-refractivity contribution in [3.05, 3.63) is 0 Å². The van der Waals surface area contributed by atoms with Gasteiger partial charge in [-0.3, -0.25) is 0 Å². The van der Waals surface area contributed by atoms with E-state index in [1.54, 1.807) is 0 Å². The molecule has 0 nitrogen and oxygen atoms in total. The zero-order chi connectivity index (χ0) is 6.53. The normalized spacial score (nSPS) is 19.6. The molecule has 1 aliphatic rings. The van der Waals surface area contributed by atoms with Gasteiger partial charge < -0.3 is 0 Å². The molecule has 1 rings (SSSR count). The van der Waals surface area contributed by atoms with Crippen LogP contribution in [0.25, 0.3) is 0 Å². The van der Waals surface area contributed by atoms with E-state index in [-0.39, 0.29) is 24.8 Å². The van der Waals surface area contributed by atoms with Crippen LogP contribution < -0.4 is 0 Å². The summed E-state index contributed by atoms with van der Waals surface area (Å²) in [5.41, 5.74) is 0.919. The van der Waals surface area contributed by atoms with Crippen LogP contribution in [0, 0.1) is 0 Å². The Hall–Kier alpha value is 1.10. The molecule has 0 amide bonds. The zero-order valence-electron chi connectivity index (χ0n) is 6.54. The SMILES string of the molecule is Cl.Cl.S=[PH+]C1CCCCCC1. The Bertz CT molecular complexity index is 92.4. The highest BCUT2D eigenvalue weighted by atomic mass is 35.5. The monoisotopic (exact) mass is 233 g/mol. The van der Waals surface area contributed by atoms with E-state index in [1.165, 1.54) is 38.5 Å². The minimum atomic E-state index is 0. The van der Waals surface area contributed by atoms with Crippen molar-refractivity contribution in [1.82, 2.24) is 0 Å². The van der Waals surface area contributed by atoms with Crippen LogP contribution in [0.2, 0.25) is 0 Å². The highest BCUT2D eigenvalue weighted by Gasteiger charge is 2.14. The molecule has 0 bridgehead atoms. The predicted molar refractivity (Wildman–Crippen MR) is 61.7 cm³/mol. The molecule has 0 radical (unpaired) electrons. The Morgan fingerprint density at radius 2 is 1.36 bits per heavy atom. The van der Waals surface area contributed by atoms with Gasteiger partial charge in [0.15, 0.2) is 19.2 Å². The van der Waals surface area contributed by atoms with Gasteiger partial charge in [0.2, 0.25) is 0 Å². The van der Waals surface area contributed by atoms with Crippen LogP contribution in [-0.2, 0) is 11.8 Å². The Morgan fingerprint density at radius 3 is 1.73 bits per heavy atom. The molecule has 0 aliphatic heterocycles. The molecule has 1 unspecified atom stereocenters. The molecule has 1 fully saturated rings. The van der Waals surface area contributed by atoms with E-state index in [9.17, 15) is 0 Å². The lowest BCUT2D eigenvalue weighted by molar-refractivity contribution is 0.702. The number of hydrogen-bond donors (Lipinski definition) is 0. The summed E-state index contributed by atoms with van der Waals surface area (Å²) in [4.78, 5) is 0. The second-order valence-electron chi connectivity index (χ2n) is 2.81. The van der Waals surface area contributed by atoms with Crippen molar-refractivity contribution in [2.75, 3.05) is 0 Å². The first kappa shape index (κ1) is 14.6. The third-order valence-corrected chi connectivity index (χ3v) is 3.93. The molecular weight excluding hydrogens is 218 g/mol. The van der Waals surface area contributed by atoms with E-state index in [0.29, 0.717) is 0 Å². The van der Waals surface area contributed by atoms with Gasteiger partial charge in [-0.25, -0.2) is 0 Å². The summed E-state index contributed by atoms with van der Waals surface area (Å²) >= 11 is 5.06. The molecule has 68 valence electrons. The van der Waals surface area contributed by atoms with Crippen LogP contribution in [0.4, 0.5) is 0 Å². The van der Waals surface area contributed by atoms with Crippen molar-refractivity contribution in [2.45, 2.75) is 44.2 Å². The molecule has 0 heterocycles. The lowest BCUT2D eigenvalue weighted by Gasteiger charge is -1.95. The first-order chi connectivity index (χ1) is 4.43. The van der Waals surface area contributed by atoms with E-state index < -0.39 is 0 Å². The minimum absolute atomic E-state index is 0. The maximum atomic E-state index is 5.06. The predicted octanol–water partition coefficient (Wildman–Crippen LogP) is 3.69. The van der Waals surface area contributed by atoms with Crippen LogP contribution in [-0.4, -0.2) is 5.66 Å². The Labute approximate surface area is 88.2 Å². The van der Waals surface area contributed by atoms with Crippen molar-refractivity contribution < 1.29 is 0 Å². The van der Waals surface area contributed by atoms with Gasteiger partial charge in [0.25, 0.3) is 0 Å². The largest absolute Gasteiger partial charge is 0.163 e. The molecule has 0 aromatic carbocycles. The maximum absolute atomic E-state index is 5.06. The molecule has 0 saturated heterocycles. The van der Waals surface area contributed by atoms with Crippen molar-refractivity contribution in [1.29, 1.82) is 0 Å². The number of rotatable bonds is 1. The Morgan fingerprint density at radius 1 is 0.909 bits per heavy atom. The summed E-state index contributed by atoms with van der Waals surface area (Å²) in [5, 5.41) is 0. The van der Waals surface area contributed by atoms with Crippen molar-refractivity contribution >= 4 is 44.0 Å². The Kier molecular flexibility index (Phi) is 12.2. The third kappa shape index (κ3) is 6.28. The average molecular weight is 234 g/mol. The summed E-state index contributed by atoms with van der Waals surface area (Å²) in [6.45, 7) is 0. The first-order valence-corrected chi connectivity index (χ1v) is 6.02. The van der Waals surface area contributed by atoms with E-state index in [1.807, 2.05) is 0 Å². The fourth-order valence-electron chi connectivity index (χ4n) is 1.40. The summed E-state index contributed by atoms with van der Waals surface area (Å²) in [5.74, 6) is 0. The van der Waals surface area contributed by atoms with Crippen molar-refractivity contribution in [3.63, 3.8) is 0 Å². The average Bonchev–Trinajstić information content (AvgIpc) is 2.13. The molecule has 1 aliphatic carbocycles. The van der Waals surface area contributed by atoms with Gasteiger partial charge in [0.1, 0.15) is 5.66 Å². The summed E-state index contributed by atoms with van der Waals surface area (Å²) in [7, 11) is 0.786. The molecule has 11 heavy (non-hydrogen) atoms. The standard InChI is InChI=1S/C7H13PS.2ClH/c9-8-7-5-3-1-2-4-6-7;;/h7H,1-6H2;2*1H/p+1. The summed E-state index contributed by atoms with van der Waals surface area (Å²) < 4.78 is 0. The zero-order valence-corrected chi connectivity index (χ0v) is 9.99. The lowest BCUT2D eigenvalue weighted by atomic mass is 10.2. The van der Waals surface area contributed by atoms with Gasteiger partial charge in [0, 0.05) is 0 Å². The highest BCUT2D eigenvalue weighted by Crippen LogP contribution is 2.25. The van der Waals surface area contributed by atoms with Gasteiger partial charge in [0.05, 0.1) is 0 Å². The fourth-order valence-corrected chi connectivity index (χ4v) is 2.75. The first-order valence-electron chi connectivity index (χ1n) is 3.81. The highest BCUT2D eigenvalue weighted by molar-refractivity contribution is 7.96. The van der Waals surface area contributed by atoms with Crippen molar-refractivity contribution in [3.8, 4) is 0 Å². The molecule has 4 heteroatoms. The maximum Gasteiger partial charge on any atom is 0.163 e. The smallest absolute Gasteiger partial charge is 0.147 e. The van der Waals surface area contributed by atoms with E-state index in [2.05, 4.69) is 0 Å². The number of halogens is 2. The van der Waals surface area contributed by atoms with Crippen LogP contribution in [0.5, 0.6) is 0 Å². The molecule has 0 spiro atoms.